The van der Waals surface area contributed by atoms with Crippen molar-refractivity contribution in [1.82, 2.24) is 9.80 Å². The highest BCUT2D eigenvalue weighted by Gasteiger charge is 2.23. The van der Waals surface area contributed by atoms with Crippen molar-refractivity contribution in [3.63, 3.8) is 0 Å². The maximum absolute atomic E-state index is 12.6. The fourth-order valence-corrected chi connectivity index (χ4v) is 2.76. The first-order valence-electron chi connectivity index (χ1n) is 7.73. The van der Waals surface area contributed by atoms with Gasteiger partial charge in [0.15, 0.2) is 0 Å². The standard InChI is InChI=1S/C16H23Cl2N3O2/c1-20(2)7-8-21(11-13-4-3-9-23-13)16(22)19-15-10-12(17)5-6-14(15)18/h5-6,10,13H,3-4,7-9,11H2,1-2H3,(H,19,22). The summed E-state index contributed by atoms with van der Waals surface area (Å²) >= 11 is 12.1. The third kappa shape index (κ3) is 5.84. The Labute approximate surface area is 147 Å². The van der Waals surface area contributed by atoms with Gasteiger partial charge in [-0.25, -0.2) is 4.79 Å². The average molecular weight is 360 g/mol. The summed E-state index contributed by atoms with van der Waals surface area (Å²) in [7, 11) is 3.96. The first-order valence-corrected chi connectivity index (χ1v) is 8.48. The maximum atomic E-state index is 12.6. The van der Waals surface area contributed by atoms with E-state index in [9.17, 15) is 4.79 Å². The number of nitrogens with zero attached hydrogens (tertiary/aromatic N) is 2. The molecule has 1 fully saturated rings. The predicted octanol–water partition coefficient (Wildman–Crippen LogP) is 3.57. The summed E-state index contributed by atoms with van der Waals surface area (Å²) < 4.78 is 5.65. The number of urea groups is 1. The number of halogens is 2. The largest absolute Gasteiger partial charge is 0.376 e. The van der Waals surface area contributed by atoms with Gasteiger partial charge in [0.1, 0.15) is 0 Å². The van der Waals surface area contributed by atoms with Crippen LogP contribution in [0.5, 0.6) is 0 Å². The van der Waals surface area contributed by atoms with E-state index in [0.29, 0.717) is 28.8 Å². The van der Waals surface area contributed by atoms with Gasteiger partial charge in [0.25, 0.3) is 0 Å². The van der Waals surface area contributed by atoms with Gasteiger partial charge in [-0.05, 0) is 45.1 Å². The SMILES string of the molecule is CN(C)CCN(CC1CCCO1)C(=O)Nc1cc(Cl)ccc1Cl. The van der Waals surface area contributed by atoms with Gasteiger partial charge in [-0.3, -0.25) is 0 Å². The van der Waals surface area contributed by atoms with E-state index in [1.807, 2.05) is 19.0 Å². The topological polar surface area (TPSA) is 44.8 Å². The molecule has 1 heterocycles. The van der Waals surface area contributed by atoms with Crippen molar-refractivity contribution in [3.05, 3.63) is 28.2 Å². The first kappa shape index (κ1) is 18.3. The summed E-state index contributed by atoms with van der Waals surface area (Å²) in [4.78, 5) is 16.4. The van der Waals surface area contributed by atoms with Gasteiger partial charge in [-0.1, -0.05) is 23.2 Å². The lowest BCUT2D eigenvalue weighted by Crippen LogP contribution is -2.43. The molecule has 128 valence electrons. The summed E-state index contributed by atoms with van der Waals surface area (Å²) in [6, 6.07) is 4.82. The molecule has 1 saturated heterocycles. The Kier molecular flexibility index (Phi) is 6.96. The second-order valence-corrected chi connectivity index (χ2v) is 6.78. The Morgan fingerprint density at radius 1 is 1.35 bits per heavy atom. The second kappa shape index (κ2) is 8.73. The Morgan fingerprint density at radius 2 is 2.13 bits per heavy atom. The van der Waals surface area contributed by atoms with Gasteiger partial charge in [0.2, 0.25) is 0 Å². The van der Waals surface area contributed by atoms with Crippen molar-refractivity contribution in [1.29, 1.82) is 0 Å². The number of hydrogen-bond acceptors (Lipinski definition) is 3. The Morgan fingerprint density at radius 3 is 2.78 bits per heavy atom. The van der Waals surface area contributed by atoms with E-state index in [4.69, 9.17) is 27.9 Å². The van der Waals surface area contributed by atoms with Crippen LogP contribution < -0.4 is 5.32 Å². The van der Waals surface area contributed by atoms with Crippen LogP contribution in [-0.2, 0) is 4.74 Å². The molecule has 1 N–H and O–H groups in total. The third-order valence-corrected chi connectivity index (χ3v) is 4.29. The molecule has 23 heavy (non-hydrogen) atoms. The van der Waals surface area contributed by atoms with Crippen molar-refractivity contribution in [3.8, 4) is 0 Å². The number of nitrogens with one attached hydrogen (secondary N) is 1. The van der Waals surface area contributed by atoms with Crippen LogP contribution in [0.25, 0.3) is 0 Å². The van der Waals surface area contributed by atoms with Crippen molar-refractivity contribution in [2.75, 3.05) is 45.7 Å². The zero-order chi connectivity index (χ0) is 16.8. The summed E-state index contributed by atoms with van der Waals surface area (Å²) in [6.45, 7) is 2.76. The molecule has 5 nitrogen and oxygen atoms in total. The third-order valence-electron chi connectivity index (χ3n) is 3.72. The lowest BCUT2D eigenvalue weighted by Gasteiger charge is -2.27. The molecule has 0 saturated carbocycles. The van der Waals surface area contributed by atoms with Crippen LogP contribution >= 0.6 is 23.2 Å². The molecule has 1 aromatic rings. The summed E-state index contributed by atoms with van der Waals surface area (Å²) in [5, 5.41) is 3.84. The molecule has 2 amide bonds. The molecule has 1 unspecified atom stereocenters. The van der Waals surface area contributed by atoms with E-state index in [2.05, 4.69) is 5.32 Å². The number of benzene rings is 1. The molecular formula is C16H23Cl2N3O2. The number of likely N-dealkylation sites (N-methyl/N-ethyl adjacent to an activating group) is 1. The van der Waals surface area contributed by atoms with Crippen molar-refractivity contribution in [2.24, 2.45) is 0 Å². The maximum Gasteiger partial charge on any atom is 0.322 e. The van der Waals surface area contributed by atoms with Gasteiger partial charge in [-0.15, -0.1) is 0 Å². The molecule has 7 heteroatoms. The van der Waals surface area contributed by atoms with Gasteiger partial charge in [0, 0.05) is 31.3 Å². The van der Waals surface area contributed by atoms with Crippen molar-refractivity contribution >= 4 is 34.9 Å². The number of anilines is 1. The van der Waals surface area contributed by atoms with Crippen LogP contribution in [0.15, 0.2) is 18.2 Å². The lowest BCUT2D eigenvalue weighted by molar-refractivity contribution is 0.0820. The van der Waals surface area contributed by atoms with Gasteiger partial charge < -0.3 is 19.9 Å². The Balaban J connectivity index is 2.03. The normalized spacial score (nSPS) is 17.5. The zero-order valence-electron chi connectivity index (χ0n) is 13.5. The van der Waals surface area contributed by atoms with Crippen molar-refractivity contribution in [2.45, 2.75) is 18.9 Å². The molecule has 0 aliphatic carbocycles. The number of amides is 2. The molecule has 0 aromatic heterocycles. The smallest absolute Gasteiger partial charge is 0.322 e. The molecule has 1 atom stereocenters. The van der Waals surface area contributed by atoms with E-state index in [1.54, 1.807) is 23.1 Å². The monoisotopic (exact) mass is 359 g/mol. The number of ether oxygens (including phenoxy) is 1. The van der Waals surface area contributed by atoms with E-state index in [1.165, 1.54) is 0 Å². The van der Waals surface area contributed by atoms with E-state index < -0.39 is 0 Å². The predicted molar refractivity (Wildman–Crippen MR) is 94.6 cm³/mol. The highest BCUT2D eigenvalue weighted by molar-refractivity contribution is 6.35. The summed E-state index contributed by atoms with van der Waals surface area (Å²) in [5.41, 5.74) is 0.520. The van der Waals surface area contributed by atoms with E-state index >= 15 is 0 Å². The van der Waals surface area contributed by atoms with Crippen LogP contribution in [0, 0.1) is 0 Å². The minimum atomic E-state index is -0.188. The van der Waals surface area contributed by atoms with Gasteiger partial charge in [-0.2, -0.15) is 0 Å². The minimum Gasteiger partial charge on any atom is -0.376 e. The number of hydrogen-bond donors (Lipinski definition) is 1. The molecule has 0 radical (unpaired) electrons. The van der Waals surface area contributed by atoms with E-state index in [0.717, 1.165) is 26.0 Å². The first-order chi connectivity index (χ1) is 11.0. The molecule has 0 spiro atoms. The highest BCUT2D eigenvalue weighted by Crippen LogP contribution is 2.25. The number of carbonyl (C=O) groups excluding carboxylic acids is 1. The highest BCUT2D eigenvalue weighted by atomic mass is 35.5. The quantitative estimate of drug-likeness (QED) is 0.844. The molecule has 2 rings (SSSR count). The zero-order valence-corrected chi connectivity index (χ0v) is 15.0. The van der Waals surface area contributed by atoms with Crippen LogP contribution in [0.3, 0.4) is 0 Å². The van der Waals surface area contributed by atoms with Crippen LogP contribution in [-0.4, -0.2) is 62.3 Å². The number of carbonyl (C=O) groups is 1. The van der Waals surface area contributed by atoms with Crippen molar-refractivity contribution < 1.29 is 9.53 Å². The Hall–Kier alpha value is -1.01. The summed E-state index contributed by atoms with van der Waals surface area (Å²) in [5.74, 6) is 0. The molecule has 1 aliphatic heterocycles. The van der Waals surface area contributed by atoms with Gasteiger partial charge >= 0.3 is 6.03 Å². The average Bonchev–Trinajstić information content (AvgIpc) is 3.00. The fourth-order valence-electron chi connectivity index (χ4n) is 2.42. The fraction of sp³-hybridized carbons (Fsp3) is 0.562. The van der Waals surface area contributed by atoms with Gasteiger partial charge in [0.05, 0.1) is 16.8 Å². The molecule has 1 aliphatic rings. The number of rotatable bonds is 6. The van der Waals surface area contributed by atoms with Crippen LogP contribution in [0.2, 0.25) is 10.0 Å². The minimum absolute atomic E-state index is 0.109. The van der Waals surface area contributed by atoms with E-state index in [-0.39, 0.29) is 12.1 Å². The molecular weight excluding hydrogens is 337 g/mol. The Bertz CT molecular complexity index is 534. The molecule has 1 aromatic carbocycles. The second-order valence-electron chi connectivity index (χ2n) is 5.94. The van der Waals surface area contributed by atoms with Crippen LogP contribution in [0.1, 0.15) is 12.8 Å². The lowest BCUT2D eigenvalue weighted by atomic mass is 10.2. The molecule has 0 bridgehead atoms. The van der Waals surface area contributed by atoms with Crippen LogP contribution in [0.4, 0.5) is 10.5 Å². The summed E-state index contributed by atoms with van der Waals surface area (Å²) in [6.07, 6.45) is 2.15.